The maximum absolute atomic E-state index is 14.0. The van der Waals surface area contributed by atoms with Gasteiger partial charge in [0.2, 0.25) is 0 Å². The van der Waals surface area contributed by atoms with E-state index in [1.165, 1.54) is 5.57 Å². The van der Waals surface area contributed by atoms with Crippen LogP contribution in [0.25, 0.3) is 0 Å². The molecule has 188 valence electrons. The SMILES string of the molecule is CC(C)(C)CC[C@H](C1=CC=C(C(=O)O)CC1)N1C(=O)C(C2CC2)=NC12CCC(C(C)(C)C)CC2. The normalized spacial score (nSPS) is 29.1. The van der Waals surface area contributed by atoms with E-state index in [4.69, 9.17) is 4.99 Å². The number of allylic oxidation sites excluding steroid dienone is 2. The van der Waals surface area contributed by atoms with Gasteiger partial charge in [-0.1, -0.05) is 53.7 Å². The van der Waals surface area contributed by atoms with Gasteiger partial charge in [-0.15, -0.1) is 0 Å². The van der Waals surface area contributed by atoms with Crippen molar-refractivity contribution in [1.29, 1.82) is 0 Å². The van der Waals surface area contributed by atoms with E-state index in [-0.39, 0.29) is 22.8 Å². The molecule has 1 amide bonds. The second-order valence-electron chi connectivity index (χ2n) is 13.4. The molecular weight excluding hydrogens is 424 g/mol. The van der Waals surface area contributed by atoms with E-state index in [0.717, 1.165) is 57.1 Å². The smallest absolute Gasteiger partial charge is 0.331 e. The van der Waals surface area contributed by atoms with Crippen molar-refractivity contribution in [2.24, 2.45) is 27.7 Å². The minimum atomic E-state index is -0.838. The third kappa shape index (κ3) is 5.18. The Balaban J connectivity index is 1.69. The van der Waals surface area contributed by atoms with Crippen molar-refractivity contribution in [3.63, 3.8) is 0 Å². The minimum Gasteiger partial charge on any atom is -0.478 e. The van der Waals surface area contributed by atoms with Crippen LogP contribution in [0.15, 0.2) is 28.3 Å². The lowest BCUT2D eigenvalue weighted by atomic mass is 9.69. The van der Waals surface area contributed by atoms with Gasteiger partial charge in [-0.2, -0.15) is 0 Å². The summed E-state index contributed by atoms with van der Waals surface area (Å²) in [7, 11) is 0. The highest BCUT2D eigenvalue weighted by molar-refractivity contribution is 6.42. The Labute approximate surface area is 205 Å². The predicted octanol–water partition coefficient (Wildman–Crippen LogP) is 6.54. The van der Waals surface area contributed by atoms with Crippen molar-refractivity contribution in [1.82, 2.24) is 4.90 Å². The number of nitrogens with zero attached hydrogens (tertiary/aromatic N) is 2. The first-order valence-electron chi connectivity index (χ1n) is 13.4. The summed E-state index contributed by atoms with van der Waals surface area (Å²) in [4.78, 5) is 32.9. The standard InChI is InChI=1S/C29H44N2O3/c1-27(2,3)16-15-23(19-7-11-21(12-8-19)26(33)34)31-25(32)24(20-9-10-20)30-29(31)17-13-22(14-18-29)28(4,5)6/h7,11,20,22-23H,8-10,12-18H2,1-6H3,(H,33,34)/t22?,23-,29?/m1/s1. The number of hydrogen-bond donors (Lipinski definition) is 1. The summed E-state index contributed by atoms with van der Waals surface area (Å²) in [5.41, 5.74) is 2.50. The fourth-order valence-corrected chi connectivity index (χ4v) is 6.15. The van der Waals surface area contributed by atoms with Gasteiger partial charge in [0, 0.05) is 11.5 Å². The first kappa shape index (κ1) is 25.2. The number of rotatable bonds is 6. The third-order valence-corrected chi connectivity index (χ3v) is 8.55. The molecule has 2 saturated carbocycles. The van der Waals surface area contributed by atoms with Gasteiger partial charge < -0.3 is 10.0 Å². The number of amides is 1. The maximum atomic E-state index is 14.0. The highest BCUT2D eigenvalue weighted by atomic mass is 16.4. The van der Waals surface area contributed by atoms with E-state index in [1.807, 2.05) is 6.08 Å². The fraction of sp³-hybridized carbons (Fsp3) is 0.759. The quantitative estimate of drug-likeness (QED) is 0.481. The molecule has 0 aromatic carbocycles. The molecule has 0 aromatic heterocycles. The van der Waals surface area contributed by atoms with Gasteiger partial charge in [0.05, 0.1) is 6.04 Å². The lowest BCUT2D eigenvalue weighted by Gasteiger charge is -2.48. The van der Waals surface area contributed by atoms with Gasteiger partial charge in [0.15, 0.2) is 0 Å². The van der Waals surface area contributed by atoms with Crippen molar-refractivity contribution in [2.75, 3.05) is 0 Å². The van der Waals surface area contributed by atoms with Gasteiger partial charge in [-0.25, -0.2) is 4.79 Å². The van der Waals surface area contributed by atoms with Crippen LogP contribution in [0.1, 0.15) is 106 Å². The van der Waals surface area contributed by atoms with E-state index < -0.39 is 11.6 Å². The Kier molecular flexibility index (Phi) is 6.63. The molecule has 5 heteroatoms. The number of hydrogen-bond acceptors (Lipinski definition) is 3. The average Bonchev–Trinajstić information content (AvgIpc) is 3.55. The zero-order chi connectivity index (χ0) is 24.9. The summed E-state index contributed by atoms with van der Waals surface area (Å²) in [6.45, 7) is 13.8. The Morgan fingerprint density at radius 2 is 1.74 bits per heavy atom. The van der Waals surface area contributed by atoms with E-state index in [1.54, 1.807) is 6.08 Å². The van der Waals surface area contributed by atoms with E-state index in [0.29, 0.717) is 30.3 Å². The molecule has 0 bridgehead atoms. The highest BCUT2D eigenvalue weighted by Gasteiger charge is 2.55. The molecule has 1 atom stereocenters. The van der Waals surface area contributed by atoms with Crippen molar-refractivity contribution in [2.45, 2.75) is 117 Å². The van der Waals surface area contributed by atoms with Crippen molar-refractivity contribution < 1.29 is 14.7 Å². The van der Waals surface area contributed by atoms with E-state index in [9.17, 15) is 14.7 Å². The molecule has 0 unspecified atom stereocenters. The molecule has 4 rings (SSSR count). The van der Waals surface area contributed by atoms with Gasteiger partial charge in [0.1, 0.15) is 11.4 Å². The molecule has 4 aliphatic rings. The van der Waals surface area contributed by atoms with Crippen LogP contribution in [0.4, 0.5) is 0 Å². The molecule has 3 aliphatic carbocycles. The molecule has 34 heavy (non-hydrogen) atoms. The topological polar surface area (TPSA) is 70.0 Å². The maximum Gasteiger partial charge on any atom is 0.331 e. The average molecular weight is 469 g/mol. The molecule has 2 fully saturated rings. The number of carboxylic acid groups (broad SMARTS) is 1. The lowest BCUT2D eigenvalue weighted by molar-refractivity contribution is -0.134. The van der Waals surface area contributed by atoms with Crippen LogP contribution in [-0.2, 0) is 9.59 Å². The summed E-state index contributed by atoms with van der Waals surface area (Å²) in [5.74, 6) is 0.315. The summed E-state index contributed by atoms with van der Waals surface area (Å²) in [6.07, 6.45) is 13.1. The number of aliphatic imine (C=N–C) groups is 1. The van der Waals surface area contributed by atoms with Crippen LogP contribution >= 0.6 is 0 Å². The van der Waals surface area contributed by atoms with Crippen LogP contribution in [0.3, 0.4) is 0 Å². The molecular formula is C29H44N2O3. The van der Waals surface area contributed by atoms with Crippen LogP contribution in [-0.4, -0.2) is 39.3 Å². The lowest BCUT2D eigenvalue weighted by Crippen LogP contribution is -2.55. The first-order valence-corrected chi connectivity index (χ1v) is 13.4. The Morgan fingerprint density at radius 1 is 1.09 bits per heavy atom. The molecule has 5 nitrogen and oxygen atoms in total. The Hall–Kier alpha value is -1.91. The summed E-state index contributed by atoms with van der Waals surface area (Å²) < 4.78 is 0. The number of aliphatic carboxylic acids is 1. The summed E-state index contributed by atoms with van der Waals surface area (Å²) >= 11 is 0. The van der Waals surface area contributed by atoms with Gasteiger partial charge in [-0.05, 0) is 86.5 Å². The summed E-state index contributed by atoms with van der Waals surface area (Å²) in [5, 5.41) is 9.44. The first-order chi connectivity index (χ1) is 15.8. The molecule has 0 saturated heterocycles. The molecule has 0 aromatic rings. The van der Waals surface area contributed by atoms with E-state index >= 15 is 0 Å². The second kappa shape index (κ2) is 8.95. The molecule has 0 radical (unpaired) electrons. The number of carbonyl (C=O) groups excluding carboxylic acids is 1. The third-order valence-electron chi connectivity index (χ3n) is 8.55. The molecule has 1 heterocycles. The van der Waals surface area contributed by atoms with Crippen molar-refractivity contribution in [3.8, 4) is 0 Å². The Bertz CT molecular complexity index is 916. The van der Waals surface area contributed by atoms with Crippen LogP contribution < -0.4 is 0 Å². The van der Waals surface area contributed by atoms with Gasteiger partial charge >= 0.3 is 5.97 Å². The fourth-order valence-electron chi connectivity index (χ4n) is 6.15. The largest absolute Gasteiger partial charge is 0.478 e. The monoisotopic (exact) mass is 468 g/mol. The molecule has 1 aliphatic heterocycles. The zero-order valence-corrected chi connectivity index (χ0v) is 22.1. The second-order valence-corrected chi connectivity index (χ2v) is 13.4. The summed E-state index contributed by atoms with van der Waals surface area (Å²) in [6, 6.07) is -0.00972. The predicted molar refractivity (Wildman–Crippen MR) is 137 cm³/mol. The highest BCUT2D eigenvalue weighted by Crippen LogP contribution is 2.50. The van der Waals surface area contributed by atoms with Gasteiger partial charge in [-0.3, -0.25) is 9.79 Å². The van der Waals surface area contributed by atoms with Crippen molar-refractivity contribution >= 4 is 17.6 Å². The van der Waals surface area contributed by atoms with Gasteiger partial charge in [0.25, 0.3) is 5.91 Å². The Morgan fingerprint density at radius 3 is 2.21 bits per heavy atom. The molecule has 1 spiro atoms. The van der Waals surface area contributed by atoms with E-state index in [2.05, 4.69) is 46.4 Å². The van der Waals surface area contributed by atoms with Crippen molar-refractivity contribution in [3.05, 3.63) is 23.3 Å². The minimum absolute atomic E-state index is 0.00972. The van der Waals surface area contributed by atoms with Crippen LogP contribution in [0.2, 0.25) is 0 Å². The zero-order valence-electron chi connectivity index (χ0n) is 22.1. The number of carbonyl (C=O) groups is 2. The van der Waals surface area contributed by atoms with Crippen LogP contribution in [0.5, 0.6) is 0 Å². The molecule has 1 N–H and O–H groups in total. The number of carboxylic acids is 1. The van der Waals surface area contributed by atoms with Crippen LogP contribution in [0, 0.1) is 22.7 Å².